The van der Waals surface area contributed by atoms with Gasteiger partial charge < -0.3 is 10.3 Å². The summed E-state index contributed by atoms with van der Waals surface area (Å²) in [4.78, 5) is 4.29. The van der Waals surface area contributed by atoms with Gasteiger partial charge in [-0.25, -0.2) is 4.98 Å². The van der Waals surface area contributed by atoms with E-state index in [2.05, 4.69) is 15.6 Å². The second-order valence-corrected chi connectivity index (χ2v) is 3.07. The molecular formula is C10H15Cl2N3. The van der Waals surface area contributed by atoms with Crippen LogP contribution in [-0.4, -0.2) is 16.1 Å². The van der Waals surface area contributed by atoms with E-state index in [4.69, 9.17) is 5.73 Å². The largest absolute Gasteiger partial charge is 0.332 e. The van der Waals surface area contributed by atoms with Gasteiger partial charge in [-0.3, -0.25) is 0 Å². The molecule has 0 radical (unpaired) electrons. The van der Waals surface area contributed by atoms with Crippen LogP contribution < -0.4 is 5.73 Å². The molecule has 3 nitrogen and oxygen atoms in total. The summed E-state index contributed by atoms with van der Waals surface area (Å²) < 4.78 is 2.14. The van der Waals surface area contributed by atoms with Crippen LogP contribution in [0.2, 0.25) is 0 Å². The summed E-state index contributed by atoms with van der Waals surface area (Å²) in [5.41, 5.74) is 6.66. The first-order valence-corrected chi connectivity index (χ1v) is 4.52. The number of aryl methyl sites for hydroxylation is 1. The van der Waals surface area contributed by atoms with Crippen LogP contribution in [0.15, 0.2) is 30.6 Å². The molecule has 84 valence electrons. The normalized spacial score (nSPS) is 9.40. The molecule has 0 aromatic carbocycles. The molecule has 0 amide bonds. The zero-order chi connectivity index (χ0) is 9.10. The lowest BCUT2D eigenvalue weighted by atomic mass is 10.2. The third-order valence-electron chi connectivity index (χ3n) is 2.13. The Morgan fingerprint density at radius 1 is 1.27 bits per heavy atom. The van der Waals surface area contributed by atoms with E-state index in [0.717, 1.165) is 25.3 Å². The molecule has 2 heterocycles. The summed E-state index contributed by atoms with van der Waals surface area (Å²) in [6, 6.07) is 6.14. The van der Waals surface area contributed by atoms with Crippen LogP contribution in [0.25, 0.3) is 11.4 Å². The zero-order valence-electron chi connectivity index (χ0n) is 8.30. The summed E-state index contributed by atoms with van der Waals surface area (Å²) in [5, 5.41) is 0. The smallest absolute Gasteiger partial charge is 0.139 e. The van der Waals surface area contributed by atoms with Gasteiger partial charge in [-0.05, 0) is 31.2 Å². The van der Waals surface area contributed by atoms with Crippen molar-refractivity contribution in [1.82, 2.24) is 9.55 Å². The number of rotatable bonds is 3. The molecular weight excluding hydrogens is 233 g/mol. The minimum absolute atomic E-state index is 0. The average molecular weight is 248 g/mol. The van der Waals surface area contributed by atoms with Crippen LogP contribution >= 0.6 is 24.8 Å². The first-order valence-electron chi connectivity index (χ1n) is 4.52. The van der Waals surface area contributed by atoms with Crippen molar-refractivity contribution in [2.45, 2.75) is 13.0 Å². The van der Waals surface area contributed by atoms with E-state index in [1.165, 1.54) is 5.56 Å². The Hall–Kier alpha value is -0.770. The molecule has 0 saturated carbocycles. The number of fused-ring (bicyclic) bond motifs is 1. The Bertz CT molecular complexity index is 362. The molecule has 0 unspecified atom stereocenters. The van der Waals surface area contributed by atoms with Crippen LogP contribution in [0.1, 0.15) is 6.42 Å². The third-order valence-corrected chi connectivity index (χ3v) is 2.13. The Kier molecular flexibility index (Phi) is 6.32. The monoisotopic (exact) mass is 247 g/mol. The third kappa shape index (κ3) is 3.09. The van der Waals surface area contributed by atoms with E-state index in [0.29, 0.717) is 0 Å². The molecule has 0 aromatic rings. The van der Waals surface area contributed by atoms with Gasteiger partial charge in [0.05, 0.1) is 0 Å². The number of nitrogens with two attached hydrogens (primary N) is 1. The van der Waals surface area contributed by atoms with E-state index in [9.17, 15) is 0 Å². The maximum absolute atomic E-state index is 5.46. The molecule has 0 saturated heterocycles. The van der Waals surface area contributed by atoms with Crippen LogP contribution in [0.3, 0.4) is 0 Å². The summed E-state index contributed by atoms with van der Waals surface area (Å²) in [6.45, 7) is 1.68. The minimum Gasteiger partial charge on any atom is -0.332 e. The lowest BCUT2D eigenvalue weighted by Crippen LogP contribution is -2.08. The molecule has 0 atom stereocenters. The van der Waals surface area contributed by atoms with Crippen LogP contribution in [0.4, 0.5) is 0 Å². The standard InChI is InChI=1S/C10H13N3.2ClH/c11-5-2-8-13-7-1-3-9-4-6-12-10(9)13;;/h1,3-4,6-7H,2,5,8,11H2;2*1H. The van der Waals surface area contributed by atoms with Gasteiger partial charge in [0.25, 0.3) is 0 Å². The second-order valence-electron chi connectivity index (χ2n) is 3.07. The van der Waals surface area contributed by atoms with Gasteiger partial charge in [-0.15, -0.1) is 24.8 Å². The highest BCUT2D eigenvalue weighted by molar-refractivity contribution is 5.85. The van der Waals surface area contributed by atoms with Gasteiger partial charge >= 0.3 is 0 Å². The Balaban J connectivity index is 0.000000980. The highest BCUT2D eigenvalue weighted by atomic mass is 35.5. The van der Waals surface area contributed by atoms with Crippen molar-refractivity contribution in [2.24, 2.45) is 5.73 Å². The topological polar surface area (TPSA) is 43.8 Å². The molecule has 2 aliphatic heterocycles. The molecule has 2 rings (SSSR count). The Morgan fingerprint density at radius 2 is 2.07 bits per heavy atom. The van der Waals surface area contributed by atoms with Gasteiger partial charge in [-0.2, -0.15) is 0 Å². The van der Waals surface area contributed by atoms with Crippen molar-refractivity contribution in [2.75, 3.05) is 6.54 Å². The molecule has 0 spiro atoms. The molecule has 0 aliphatic carbocycles. The number of pyridine rings is 1. The van der Waals surface area contributed by atoms with E-state index in [1.807, 2.05) is 24.5 Å². The fourth-order valence-corrected chi connectivity index (χ4v) is 1.47. The van der Waals surface area contributed by atoms with E-state index < -0.39 is 0 Å². The number of hydrogen-bond donors (Lipinski definition) is 1. The maximum Gasteiger partial charge on any atom is 0.139 e. The van der Waals surface area contributed by atoms with Crippen LogP contribution in [0, 0.1) is 0 Å². The lowest BCUT2D eigenvalue weighted by molar-refractivity contribution is 0.646. The molecule has 0 bridgehead atoms. The molecule has 0 aromatic heterocycles. The van der Waals surface area contributed by atoms with Crippen LogP contribution in [0.5, 0.6) is 0 Å². The van der Waals surface area contributed by atoms with Crippen molar-refractivity contribution in [3.05, 3.63) is 30.6 Å². The second kappa shape index (κ2) is 6.67. The van der Waals surface area contributed by atoms with Gasteiger partial charge in [-0.1, -0.05) is 0 Å². The van der Waals surface area contributed by atoms with E-state index in [-0.39, 0.29) is 24.8 Å². The maximum atomic E-state index is 5.46. The van der Waals surface area contributed by atoms with E-state index in [1.54, 1.807) is 0 Å². The molecule has 0 fully saturated rings. The summed E-state index contributed by atoms with van der Waals surface area (Å²) >= 11 is 0. The SMILES string of the molecule is Cl.Cl.NCCCn1cccc2ccnc1-2. The van der Waals surface area contributed by atoms with Crippen molar-refractivity contribution in [3.63, 3.8) is 0 Å². The van der Waals surface area contributed by atoms with Gasteiger partial charge in [0, 0.05) is 24.5 Å². The highest BCUT2D eigenvalue weighted by Gasteiger charge is 2.05. The molecule has 15 heavy (non-hydrogen) atoms. The molecule has 5 heteroatoms. The minimum atomic E-state index is 0. The van der Waals surface area contributed by atoms with Crippen molar-refractivity contribution in [1.29, 1.82) is 0 Å². The average Bonchev–Trinajstić information content (AvgIpc) is 2.62. The van der Waals surface area contributed by atoms with Crippen molar-refractivity contribution >= 4 is 24.8 Å². The predicted molar refractivity (Wildman–Crippen MR) is 67.0 cm³/mol. The zero-order valence-corrected chi connectivity index (χ0v) is 9.93. The first-order chi connectivity index (χ1) is 6.42. The fourth-order valence-electron chi connectivity index (χ4n) is 1.47. The molecule has 2 N–H and O–H groups in total. The quantitative estimate of drug-likeness (QED) is 0.904. The Labute approximate surface area is 102 Å². The summed E-state index contributed by atoms with van der Waals surface area (Å²) in [5.74, 6) is 1.05. The van der Waals surface area contributed by atoms with Gasteiger partial charge in [0.15, 0.2) is 0 Å². The van der Waals surface area contributed by atoms with Gasteiger partial charge in [0.2, 0.25) is 0 Å². The van der Waals surface area contributed by atoms with Gasteiger partial charge in [0.1, 0.15) is 5.82 Å². The van der Waals surface area contributed by atoms with E-state index >= 15 is 0 Å². The van der Waals surface area contributed by atoms with Crippen molar-refractivity contribution in [3.8, 4) is 11.4 Å². The van der Waals surface area contributed by atoms with Crippen LogP contribution in [-0.2, 0) is 6.54 Å². The number of halogens is 2. The molecule has 2 aliphatic rings. The highest BCUT2D eigenvalue weighted by Crippen LogP contribution is 2.18. The number of hydrogen-bond acceptors (Lipinski definition) is 2. The first kappa shape index (κ1) is 14.2. The summed E-state index contributed by atoms with van der Waals surface area (Å²) in [6.07, 6.45) is 4.88. The lowest BCUT2D eigenvalue weighted by Gasteiger charge is -2.09. The summed E-state index contributed by atoms with van der Waals surface area (Å²) in [7, 11) is 0. The predicted octanol–water partition coefficient (Wildman–Crippen LogP) is 2.18. The Morgan fingerprint density at radius 3 is 2.80 bits per heavy atom. The fraction of sp³-hybridized carbons (Fsp3) is 0.300. The van der Waals surface area contributed by atoms with Crippen molar-refractivity contribution < 1.29 is 0 Å². The number of aromatic nitrogens is 2. The number of nitrogens with zero attached hydrogens (tertiary/aromatic N) is 2.